The zero-order chi connectivity index (χ0) is 17.5. The molecule has 0 saturated heterocycles. The summed E-state index contributed by atoms with van der Waals surface area (Å²) in [5, 5.41) is 0.263. The van der Waals surface area contributed by atoms with E-state index in [0.29, 0.717) is 5.92 Å². The van der Waals surface area contributed by atoms with Crippen LogP contribution in [-0.4, -0.2) is 5.71 Å². The van der Waals surface area contributed by atoms with Gasteiger partial charge in [0.15, 0.2) is 0 Å². The minimum Gasteiger partial charge on any atom is -0.468 e. The Labute approximate surface area is 158 Å². The Hall–Kier alpha value is -2.26. The van der Waals surface area contributed by atoms with Crippen LogP contribution in [0.1, 0.15) is 40.5 Å². The summed E-state index contributed by atoms with van der Waals surface area (Å²) in [6, 6.07) is 19.5. The summed E-state index contributed by atoms with van der Waals surface area (Å²) in [6.07, 6.45) is 5.24. The molecule has 0 bridgehead atoms. The van der Waals surface area contributed by atoms with E-state index < -0.39 is 0 Å². The first-order valence-electron chi connectivity index (χ1n) is 9.27. The monoisotopic (exact) mass is 359 g/mol. The number of hydrogen-bond acceptors (Lipinski definition) is 3. The molecule has 0 saturated carbocycles. The number of rotatable bonds is 1. The van der Waals surface area contributed by atoms with Crippen molar-refractivity contribution in [2.45, 2.75) is 36.3 Å². The van der Waals surface area contributed by atoms with Gasteiger partial charge >= 0.3 is 0 Å². The molecular weight excluding hydrogens is 338 g/mol. The van der Waals surface area contributed by atoms with Gasteiger partial charge in [-0.1, -0.05) is 29.8 Å². The lowest BCUT2D eigenvalue weighted by molar-refractivity contribution is 0.465. The van der Waals surface area contributed by atoms with Gasteiger partial charge in [0.05, 0.1) is 22.9 Å². The lowest BCUT2D eigenvalue weighted by atomic mass is 9.89. The molecule has 0 N–H and O–H groups in total. The summed E-state index contributed by atoms with van der Waals surface area (Å²) >= 11 is 1.90. The first kappa shape index (κ1) is 16.0. The van der Waals surface area contributed by atoms with Gasteiger partial charge in [-0.05, 0) is 67.6 Å². The second kappa shape index (κ2) is 6.48. The summed E-state index contributed by atoms with van der Waals surface area (Å²) in [7, 11) is 0. The van der Waals surface area contributed by atoms with Crippen molar-refractivity contribution in [1.82, 2.24) is 0 Å². The van der Waals surface area contributed by atoms with E-state index in [0.717, 1.165) is 24.3 Å². The van der Waals surface area contributed by atoms with Crippen LogP contribution in [0.2, 0.25) is 0 Å². The number of aliphatic imine (C=N–C) groups is 1. The predicted molar refractivity (Wildman–Crippen MR) is 108 cm³/mol. The van der Waals surface area contributed by atoms with Crippen LogP contribution in [0.3, 0.4) is 0 Å². The van der Waals surface area contributed by atoms with Crippen molar-refractivity contribution in [1.29, 1.82) is 0 Å². The van der Waals surface area contributed by atoms with Crippen LogP contribution >= 0.6 is 11.8 Å². The topological polar surface area (TPSA) is 25.5 Å². The Morgan fingerprint density at radius 2 is 2.00 bits per heavy atom. The Balaban J connectivity index is 1.75. The Bertz CT molecular complexity index is 974. The molecule has 2 aliphatic rings. The van der Waals surface area contributed by atoms with E-state index in [1.54, 1.807) is 6.26 Å². The molecule has 3 heteroatoms. The molecule has 2 atom stereocenters. The lowest BCUT2D eigenvalue weighted by Gasteiger charge is -2.24. The highest BCUT2D eigenvalue weighted by molar-refractivity contribution is 7.99. The normalized spacial score (nSPS) is 21.7. The number of nitrogens with zero attached hydrogens (tertiary/aromatic N) is 1. The fraction of sp³-hybridized carbons (Fsp3) is 0.261. The van der Waals surface area contributed by atoms with Crippen molar-refractivity contribution in [3.8, 4) is 0 Å². The maximum absolute atomic E-state index is 5.87. The highest BCUT2D eigenvalue weighted by Crippen LogP contribution is 2.50. The van der Waals surface area contributed by atoms with Crippen molar-refractivity contribution in [2.75, 3.05) is 0 Å². The summed E-state index contributed by atoms with van der Waals surface area (Å²) in [5.41, 5.74) is 6.38. The number of hydrogen-bond donors (Lipinski definition) is 0. The smallest absolute Gasteiger partial charge is 0.117 e. The summed E-state index contributed by atoms with van der Waals surface area (Å²) < 4.78 is 5.87. The predicted octanol–water partition coefficient (Wildman–Crippen LogP) is 6.51. The Morgan fingerprint density at radius 1 is 1.08 bits per heavy atom. The molecular formula is C23H21NOS. The van der Waals surface area contributed by atoms with Gasteiger partial charge < -0.3 is 4.42 Å². The number of thioether (sulfide) groups is 1. The van der Waals surface area contributed by atoms with Crippen molar-refractivity contribution in [2.24, 2.45) is 10.9 Å². The van der Waals surface area contributed by atoms with Gasteiger partial charge in [-0.3, -0.25) is 4.99 Å². The molecule has 1 aliphatic heterocycles. The van der Waals surface area contributed by atoms with Gasteiger partial charge in [0.25, 0.3) is 0 Å². The van der Waals surface area contributed by atoms with Gasteiger partial charge in [0, 0.05) is 10.8 Å². The van der Waals surface area contributed by atoms with E-state index in [-0.39, 0.29) is 5.25 Å². The highest BCUT2D eigenvalue weighted by Gasteiger charge is 2.36. The second-order valence-electron chi connectivity index (χ2n) is 7.18. The second-order valence-corrected chi connectivity index (χ2v) is 8.36. The third kappa shape index (κ3) is 2.71. The lowest BCUT2D eigenvalue weighted by Crippen LogP contribution is -2.20. The van der Waals surface area contributed by atoms with Crippen LogP contribution in [0.15, 0.2) is 75.2 Å². The third-order valence-electron chi connectivity index (χ3n) is 5.40. The first-order chi connectivity index (χ1) is 12.8. The van der Waals surface area contributed by atoms with Crippen molar-refractivity contribution >= 4 is 23.2 Å². The zero-order valence-electron chi connectivity index (χ0n) is 14.8. The maximum atomic E-state index is 5.87. The van der Waals surface area contributed by atoms with Gasteiger partial charge in [-0.15, -0.1) is 11.8 Å². The van der Waals surface area contributed by atoms with Crippen molar-refractivity contribution < 1.29 is 4.42 Å². The van der Waals surface area contributed by atoms with Gasteiger partial charge in [0.1, 0.15) is 5.76 Å². The highest BCUT2D eigenvalue weighted by atomic mass is 32.2. The molecule has 0 spiro atoms. The Kier molecular flexibility index (Phi) is 3.97. The van der Waals surface area contributed by atoms with E-state index in [1.807, 2.05) is 17.8 Å². The largest absolute Gasteiger partial charge is 0.468 e. The van der Waals surface area contributed by atoms with Crippen LogP contribution in [0.25, 0.3) is 0 Å². The molecule has 1 aromatic heterocycles. The molecule has 0 radical (unpaired) electrons. The van der Waals surface area contributed by atoms with Crippen LogP contribution in [0, 0.1) is 12.8 Å². The number of furan rings is 1. The van der Waals surface area contributed by atoms with Crippen molar-refractivity contribution in [3.05, 3.63) is 83.3 Å². The molecule has 2 unspecified atom stereocenters. The number of benzene rings is 2. The zero-order valence-corrected chi connectivity index (χ0v) is 15.6. The summed E-state index contributed by atoms with van der Waals surface area (Å²) in [6.45, 7) is 2.17. The molecule has 1 aliphatic carbocycles. The van der Waals surface area contributed by atoms with E-state index in [1.165, 1.54) is 33.7 Å². The minimum atomic E-state index is 0.263. The number of aryl methyl sites for hydroxylation is 2. The average molecular weight is 359 g/mol. The third-order valence-corrected chi connectivity index (χ3v) is 6.82. The standard InChI is InChI=1S/C23H21NOS/c1-15-11-12-16-6-4-7-17-22(18(16)14-15)24-19-8-2-3-10-21(19)26-23(17)20-9-5-13-25-20/h2-3,5,8-14,17,23H,4,6-7H2,1H3. The molecule has 2 nitrogen and oxygen atoms in total. The molecule has 130 valence electrons. The molecule has 3 aromatic rings. The van der Waals surface area contributed by atoms with Crippen LogP contribution in [0.4, 0.5) is 5.69 Å². The summed E-state index contributed by atoms with van der Waals surface area (Å²) in [5.74, 6) is 1.42. The molecule has 5 rings (SSSR count). The SMILES string of the molecule is Cc1ccc2c(c1)C1=Nc3ccccc3SC(c3ccco3)C1CCC2. The van der Waals surface area contributed by atoms with Gasteiger partial charge in [-0.25, -0.2) is 0 Å². The van der Waals surface area contributed by atoms with E-state index in [9.17, 15) is 0 Å². The minimum absolute atomic E-state index is 0.263. The fourth-order valence-corrected chi connectivity index (χ4v) is 5.49. The van der Waals surface area contributed by atoms with Crippen LogP contribution in [0.5, 0.6) is 0 Å². The van der Waals surface area contributed by atoms with Crippen LogP contribution < -0.4 is 0 Å². The van der Waals surface area contributed by atoms with Crippen LogP contribution in [-0.2, 0) is 6.42 Å². The van der Waals surface area contributed by atoms with Crippen molar-refractivity contribution in [3.63, 3.8) is 0 Å². The number of para-hydroxylation sites is 1. The molecule has 0 amide bonds. The van der Waals surface area contributed by atoms with E-state index >= 15 is 0 Å². The maximum Gasteiger partial charge on any atom is 0.117 e. The molecule has 2 heterocycles. The van der Waals surface area contributed by atoms with Gasteiger partial charge in [-0.2, -0.15) is 0 Å². The molecule has 0 fully saturated rings. The molecule has 26 heavy (non-hydrogen) atoms. The first-order valence-corrected chi connectivity index (χ1v) is 10.1. The molecule has 2 aromatic carbocycles. The average Bonchev–Trinajstić information content (AvgIpc) is 3.06. The van der Waals surface area contributed by atoms with E-state index in [2.05, 4.69) is 55.5 Å². The Morgan fingerprint density at radius 3 is 2.88 bits per heavy atom. The number of fused-ring (bicyclic) bond motifs is 4. The van der Waals surface area contributed by atoms with E-state index in [4.69, 9.17) is 9.41 Å². The quantitative estimate of drug-likeness (QED) is 0.495. The summed E-state index contributed by atoms with van der Waals surface area (Å²) in [4.78, 5) is 6.46. The van der Waals surface area contributed by atoms with Gasteiger partial charge in [0.2, 0.25) is 0 Å². The fourth-order valence-electron chi connectivity index (χ4n) is 4.14.